The van der Waals surface area contributed by atoms with E-state index in [1.807, 2.05) is 53.2 Å². The monoisotopic (exact) mass is 883 g/mol. The lowest BCUT2D eigenvalue weighted by atomic mass is 9.88. The fourth-order valence-corrected chi connectivity index (χ4v) is 9.88. The van der Waals surface area contributed by atoms with E-state index in [1.54, 1.807) is 17.0 Å². The molecule has 1 saturated carbocycles. The molecule has 1 fully saturated rings. The third-order valence-corrected chi connectivity index (χ3v) is 17.3. The van der Waals surface area contributed by atoms with Gasteiger partial charge < -0.3 is 30.3 Å². The number of aromatic amines is 1. The van der Waals surface area contributed by atoms with Gasteiger partial charge in [-0.05, 0) is 124 Å². The van der Waals surface area contributed by atoms with Gasteiger partial charge in [0.2, 0.25) is 5.56 Å². The van der Waals surface area contributed by atoms with Crippen molar-refractivity contribution in [1.82, 2.24) is 30.6 Å². The molecule has 0 radical (unpaired) electrons. The highest BCUT2D eigenvalue weighted by atomic mass is 28.4. The Balaban J connectivity index is 1.02. The van der Waals surface area contributed by atoms with Crippen molar-refractivity contribution in [3.63, 3.8) is 0 Å². The summed E-state index contributed by atoms with van der Waals surface area (Å²) in [4.78, 5) is 29.6. The van der Waals surface area contributed by atoms with Crippen LogP contribution in [0, 0.1) is 0 Å². The number of allylic oxidation sites excluding steroid dienone is 1. The van der Waals surface area contributed by atoms with Gasteiger partial charge >= 0.3 is 6.09 Å². The SMILES string of the molecule is CC(C)(C)NC1CCC(N(C(=O)O)c2cc(/C=C/CCn3nnc4cc(CNC[C@H](O[Si](C)(C)C(C)(C)C)c5ccc(O)c6[nH]c(=O)ccc56)ccc43)ccc2-c2ccccc2)CC1. The van der Waals surface area contributed by atoms with Gasteiger partial charge in [-0.15, -0.1) is 5.10 Å². The number of anilines is 1. The zero-order valence-corrected chi connectivity index (χ0v) is 39.6. The largest absolute Gasteiger partial charge is 0.506 e. The predicted octanol–water partition coefficient (Wildman–Crippen LogP) is 10.8. The third kappa shape index (κ3) is 11.0. The van der Waals surface area contributed by atoms with E-state index in [4.69, 9.17) is 4.43 Å². The third-order valence-electron chi connectivity index (χ3n) is 12.8. The van der Waals surface area contributed by atoms with Gasteiger partial charge in [-0.2, -0.15) is 0 Å². The number of rotatable bonds is 15. The van der Waals surface area contributed by atoms with Gasteiger partial charge in [0.25, 0.3) is 0 Å². The molecule has 1 aliphatic carbocycles. The summed E-state index contributed by atoms with van der Waals surface area (Å²) < 4.78 is 8.90. The van der Waals surface area contributed by atoms with E-state index in [2.05, 4.69) is 117 Å². The summed E-state index contributed by atoms with van der Waals surface area (Å²) in [6.45, 7) is 19.4. The Morgan fingerprint density at radius 3 is 2.42 bits per heavy atom. The predicted molar refractivity (Wildman–Crippen MR) is 261 cm³/mol. The van der Waals surface area contributed by atoms with Crippen molar-refractivity contribution in [3.05, 3.63) is 124 Å². The van der Waals surface area contributed by atoms with Crippen LogP contribution in [0.2, 0.25) is 18.1 Å². The minimum Gasteiger partial charge on any atom is -0.506 e. The average molecular weight is 884 g/mol. The van der Waals surface area contributed by atoms with Gasteiger partial charge in [-0.3, -0.25) is 9.69 Å². The summed E-state index contributed by atoms with van der Waals surface area (Å²) in [6.07, 6.45) is 7.10. The van der Waals surface area contributed by atoms with E-state index < -0.39 is 14.4 Å². The van der Waals surface area contributed by atoms with Crippen LogP contribution in [-0.2, 0) is 17.5 Å². The number of nitrogens with zero attached hydrogens (tertiary/aromatic N) is 4. The van der Waals surface area contributed by atoms with Gasteiger partial charge in [-0.25, -0.2) is 9.48 Å². The number of amides is 1. The van der Waals surface area contributed by atoms with Crippen molar-refractivity contribution in [3.8, 4) is 16.9 Å². The minimum atomic E-state index is -2.23. The average Bonchev–Trinajstić information content (AvgIpc) is 3.64. The summed E-state index contributed by atoms with van der Waals surface area (Å²) in [5, 5.41) is 38.3. The smallest absolute Gasteiger partial charge is 0.412 e. The molecule has 0 saturated heterocycles. The van der Waals surface area contributed by atoms with E-state index in [9.17, 15) is 19.8 Å². The van der Waals surface area contributed by atoms with Crippen molar-refractivity contribution in [2.24, 2.45) is 0 Å². The van der Waals surface area contributed by atoms with Gasteiger partial charge in [-0.1, -0.05) is 92.7 Å². The van der Waals surface area contributed by atoms with Crippen molar-refractivity contribution in [1.29, 1.82) is 0 Å². The Morgan fingerprint density at radius 1 is 0.969 bits per heavy atom. The highest BCUT2D eigenvalue weighted by molar-refractivity contribution is 6.74. The molecule has 6 aromatic rings. The maximum Gasteiger partial charge on any atom is 0.412 e. The normalized spacial score (nSPS) is 16.8. The molecule has 0 bridgehead atoms. The highest BCUT2D eigenvalue weighted by Gasteiger charge is 2.40. The topological polar surface area (TPSA) is 158 Å². The second kappa shape index (κ2) is 19.2. The van der Waals surface area contributed by atoms with Crippen LogP contribution in [0.4, 0.5) is 10.5 Å². The molecule has 4 aromatic carbocycles. The summed E-state index contributed by atoms with van der Waals surface area (Å²) in [5.74, 6) is 0.0255. The van der Waals surface area contributed by atoms with Crippen LogP contribution < -0.4 is 21.1 Å². The Kier molecular flexibility index (Phi) is 13.9. The molecule has 0 aliphatic heterocycles. The van der Waals surface area contributed by atoms with E-state index in [1.165, 1.54) is 6.07 Å². The molecule has 13 heteroatoms. The maximum atomic E-state index is 13.0. The number of H-pyrrole nitrogens is 1. The fourth-order valence-electron chi connectivity index (χ4n) is 8.60. The molecule has 0 spiro atoms. The second-order valence-corrected chi connectivity index (χ2v) is 24.6. The van der Waals surface area contributed by atoms with Gasteiger partial charge in [0, 0.05) is 54.3 Å². The molecule has 64 heavy (non-hydrogen) atoms. The number of carboxylic acid groups (broad SMARTS) is 1. The van der Waals surface area contributed by atoms with Crippen LogP contribution in [0.1, 0.15) is 96.4 Å². The number of phenols is 1. The molecule has 0 unspecified atom stereocenters. The summed E-state index contributed by atoms with van der Waals surface area (Å²) in [7, 11) is -2.23. The number of hydrogen-bond donors (Lipinski definition) is 5. The number of aromatic nitrogens is 4. The standard InChI is InChI=1S/C51H65N7O5Si/c1-50(2,3)54-37-19-21-38(22-20-37)58(49(61)62)44-31-34(17-23-39(44)36-15-10-9-11-16-36)14-12-13-29-57-43-26-18-35(30-42(43)55-56-57)32-52-33-46(63-64(7,8)51(4,5)6)40-24-27-45(59)48-41(40)25-28-47(60)53-48/h9-12,14-18,23-28,30-31,37-38,46,52,54,59H,13,19-22,29,32-33H2,1-8H3,(H,53,60)(H,61,62)/b14-12+/t37?,38?,46-/m0/s1. The molecule has 2 heterocycles. The van der Waals surface area contributed by atoms with Crippen LogP contribution in [0.3, 0.4) is 0 Å². The molecular weight excluding hydrogens is 819 g/mol. The van der Waals surface area contributed by atoms with Crippen LogP contribution in [0.25, 0.3) is 39.1 Å². The zero-order valence-electron chi connectivity index (χ0n) is 38.6. The lowest BCUT2D eigenvalue weighted by Gasteiger charge is -2.39. The van der Waals surface area contributed by atoms with Crippen molar-refractivity contribution in [2.45, 2.75) is 129 Å². The number of fused-ring (bicyclic) bond motifs is 2. The molecule has 12 nitrogen and oxygen atoms in total. The molecule has 1 atom stereocenters. The van der Waals surface area contributed by atoms with Gasteiger partial charge in [0.15, 0.2) is 8.32 Å². The molecular formula is C51H65N7O5Si. The number of aryl methyl sites for hydroxylation is 1. The zero-order chi connectivity index (χ0) is 45.8. The molecule has 5 N–H and O–H groups in total. The van der Waals surface area contributed by atoms with Crippen molar-refractivity contribution >= 4 is 48.1 Å². The van der Waals surface area contributed by atoms with E-state index in [0.29, 0.717) is 43.3 Å². The van der Waals surface area contributed by atoms with Crippen LogP contribution in [-0.4, -0.2) is 68.8 Å². The van der Waals surface area contributed by atoms with Crippen LogP contribution >= 0.6 is 0 Å². The van der Waals surface area contributed by atoms with E-state index in [0.717, 1.165) is 69.9 Å². The number of carbonyl (C=O) groups is 1. The summed E-state index contributed by atoms with van der Waals surface area (Å²) >= 11 is 0. The highest BCUT2D eigenvalue weighted by Crippen LogP contribution is 2.41. The first kappa shape index (κ1) is 46.4. The van der Waals surface area contributed by atoms with Crippen LogP contribution in [0.5, 0.6) is 5.75 Å². The molecule has 338 valence electrons. The number of phenolic OH excluding ortho intramolecular Hbond substituents is 1. The van der Waals surface area contributed by atoms with E-state index in [-0.39, 0.29) is 34.0 Å². The van der Waals surface area contributed by atoms with Crippen molar-refractivity contribution < 1.29 is 19.4 Å². The molecule has 2 aromatic heterocycles. The quantitative estimate of drug-likeness (QED) is 0.0633. The number of nitrogens with one attached hydrogen (secondary N) is 3. The number of aromatic hydroxyl groups is 1. The minimum absolute atomic E-state index is 0.0141. The molecule has 7 rings (SSSR count). The number of hydrogen-bond acceptors (Lipinski definition) is 8. The van der Waals surface area contributed by atoms with Gasteiger partial charge in [0.1, 0.15) is 11.3 Å². The lowest BCUT2D eigenvalue weighted by molar-refractivity contribution is 0.181. The first-order valence-corrected chi connectivity index (χ1v) is 25.5. The summed E-state index contributed by atoms with van der Waals surface area (Å²) in [6, 6.07) is 29.4. The van der Waals surface area contributed by atoms with Crippen LogP contribution in [0.15, 0.2) is 102 Å². The van der Waals surface area contributed by atoms with E-state index >= 15 is 0 Å². The summed E-state index contributed by atoms with van der Waals surface area (Å²) in [5.41, 5.74) is 7.41. The second-order valence-electron chi connectivity index (χ2n) is 19.8. The lowest BCUT2D eigenvalue weighted by Crippen LogP contribution is -2.49. The Labute approximate surface area is 377 Å². The Hall–Kier alpha value is -5.60. The first-order chi connectivity index (χ1) is 30.4. The first-order valence-electron chi connectivity index (χ1n) is 22.6. The molecule has 1 aliphatic rings. The van der Waals surface area contributed by atoms with Crippen molar-refractivity contribution in [2.75, 3.05) is 11.4 Å². The Morgan fingerprint density at radius 2 is 1.72 bits per heavy atom. The Bertz CT molecular complexity index is 2650. The number of pyridine rings is 1. The molecule has 1 amide bonds. The maximum absolute atomic E-state index is 13.0. The van der Waals surface area contributed by atoms with Gasteiger partial charge in [0.05, 0.1) is 22.8 Å². The fraction of sp³-hybridized carbons (Fsp3) is 0.412. The number of benzene rings is 4.